The van der Waals surface area contributed by atoms with Crippen molar-refractivity contribution in [2.24, 2.45) is 5.92 Å². The number of β-amino-alcohol motifs (C(OH)–C–C–N with tert-alkyl or cyclic N) is 2. The summed E-state index contributed by atoms with van der Waals surface area (Å²) in [4.78, 5) is 2.19. The number of nitrogens with zero attached hydrogens (tertiary/aromatic N) is 3. The van der Waals surface area contributed by atoms with Crippen molar-refractivity contribution in [2.75, 3.05) is 19.6 Å². The van der Waals surface area contributed by atoms with Crippen molar-refractivity contribution >= 4 is 0 Å². The first-order chi connectivity index (χ1) is 9.99. The summed E-state index contributed by atoms with van der Waals surface area (Å²) in [6.07, 6.45) is 7.14. The molecule has 2 aliphatic rings. The Labute approximate surface area is 125 Å². The Morgan fingerprint density at radius 1 is 1.33 bits per heavy atom. The lowest BCUT2D eigenvalue weighted by Crippen LogP contribution is -2.52. The number of hydrogen-bond donors (Lipinski definition) is 3. The third-order valence-electron chi connectivity index (χ3n) is 5.16. The van der Waals surface area contributed by atoms with Gasteiger partial charge in [-0.05, 0) is 51.0 Å². The number of H-pyrrole nitrogens is 1. The molecule has 3 rings (SSSR count). The quantitative estimate of drug-likeness (QED) is 0.775. The molecule has 1 saturated heterocycles. The lowest BCUT2D eigenvalue weighted by atomic mass is 9.78. The highest BCUT2D eigenvalue weighted by atomic mass is 16.3. The van der Waals surface area contributed by atoms with Gasteiger partial charge in [0.25, 0.3) is 0 Å². The van der Waals surface area contributed by atoms with E-state index in [-0.39, 0.29) is 0 Å². The van der Waals surface area contributed by atoms with Crippen LogP contribution in [0.3, 0.4) is 0 Å². The molecule has 1 saturated carbocycles. The summed E-state index contributed by atoms with van der Waals surface area (Å²) >= 11 is 0. The Morgan fingerprint density at radius 2 is 2.10 bits per heavy atom. The van der Waals surface area contributed by atoms with E-state index in [1.54, 1.807) is 6.20 Å². The van der Waals surface area contributed by atoms with E-state index >= 15 is 0 Å². The normalized spacial score (nSPS) is 38.5. The molecule has 0 amide bonds. The summed E-state index contributed by atoms with van der Waals surface area (Å²) < 4.78 is 0. The van der Waals surface area contributed by atoms with E-state index < -0.39 is 11.2 Å². The average Bonchev–Trinajstić information content (AvgIpc) is 2.97. The second kappa shape index (κ2) is 5.66. The second-order valence-electron chi connectivity index (χ2n) is 7.11. The van der Waals surface area contributed by atoms with Crippen molar-refractivity contribution < 1.29 is 10.2 Å². The van der Waals surface area contributed by atoms with Gasteiger partial charge in [0.05, 0.1) is 11.8 Å². The molecule has 3 N–H and O–H groups in total. The minimum absolute atomic E-state index is 0.525. The van der Waals surface area contributed by atoms with Gasteiger partial charge in [0.1, 0.15) is 11.3 Å². The molecule has 2 fully saturated rings. The molecule has 0 aromatic carbocycles. The van der Waals surface area contributed by atoms with Crippen molar-refractivity contribution in [3.8, 4) is 0 Å². The molecule has 6 heteroatoms. The van der Waals surface area contributed by atoms with Crippen LogP contribution in [0.25, 0.3) is 0 Å². The third-order valence-corrected chi connectivity index (χ3v) is 5.16. The molecule has 118 valence electrons. The van der Waals surface area contributed by atoms with E-state index in [0.29, 0.717) is 25.2 Å². The summed E-state index contributed by atoms with van der Waals surface area (Å²) in [5, 5.41) is 32.0. The van der Waals surface area contributed by atoms with Crippen LogP contribution >= 0.6 is 0 Å². The van der Waals surface area contributed by atoms with Crippen molar-refractivity contribution in [1.29, 1.82) is 0 Å². The molecule has 1 aliphatic heterocycles. The molecule has 0 spiro atoms. The molecule has 1 aromatic heterocycles. The van der Waals surface area contributed by atoms with Crippen LogP contribution < -0.4 is 0 Å². The zero-order valence-corrected chi connectivity index (χ0v) is 12.8. The van der Waals surface area contributed by atoms with Crippen LogP contribution in [-0.2, 0) is 5.60 Å². The topological polar surface area (TPSA) is 85.3 Å². The van der Waals surface area contributed by atoms with E-state index in [2.05, 4.69) is 27.2 Å². The molecule has 1 atom stereocenters. The monoisotopic (exact) mass is 294 g/mol. The molecule has 0 bridgehead atoms. The number of hydrogen-bond acceptors (Lipinski definition) is 5. The van der Waals surface area contributed by atoms with Gasteiger partial charge in [0, 0.05) is 13.1 Å². The summed E-state index contributed by atoms with van der Waals surface area (Å²) in [5.74, 6) is 0.721. The van der Waals surface area contributed by atoms with Crippen LogP contribution in [0.15, 0.2) is 6.20 Å². The molecule has 2 heterocycles. The lowest BCUT2D eigenvalue weighted by Gasteiger charge is -2.43. The largest absolute Gasteiger partial charge is 0.389 e. The Hall–Kier alpha value is -0.980. The van der Waals surface area contributed by atoms with Gasteiger partial charge in [0.2, 0.25) is 0 Å². The SMILES string of the molecule is CC1CCC(O)(CN2CCCC(O)(c3cn[nH]n3)C2)CC1. The van der Waals surface area contributed by atoms with Gasteiger partial charge in [-0.1, -0.05) is 6.92 Å². The number of nitrogens with one attached hydrogen (secondary N) is 1. The molecule has 1 aliphatic carbocycles. The number of aromatic nitrogens is 3. The number of piperidine rings is 1. The predicted molar refractivity (Wildman–Crippen MR) is 78.5 cm³/mol. The number of aliphatic hydroxyl groups is 2. The van der Waals surface area contributed by atoms with Gasteiger partial charge in [-0.25, -0.2) is 0 Å². The molecule has 0 radical (unpaired) electrons. The van der Waals surface area contributed by atoms with Crippen LogP contribution in [0.5, 0.6) is 0 Å². The zero-order chi connectivity index (χ0) is 14.9. The molecule has 1 aromatic rings. The van der Waals surface area contributed by atoms with Gasteiger partial charge in [-0.2, -0.15) is 15.4 Å². The third kappa shape index (κ3) is 3.27. The zero-order valence-electron chi connectivity index (χ0n) is 12.8. The Bertz CT molecular complexity index is 456. The summed E-state index contributed by atoms with van der Waals surface area (Å²) in [7, 11) is 0. The maximum Gasteiger partial charge on any atom is 0.123 e. The van der Waals surface area contributed by atoms with E-state index in [1.165, 1.54) is 0 Å². The summed E-state index contributed by atoms with van der Waals surface area (Å²) in [6, 6.07) is 0. The van der Waals surface area contributed by atoms with Gasteiger partial charge in [-0.15, -0.1) is 0 Å². The fraction of sp³-hybridized carbons (Fsp3) is 0.867. The highest BCUT2D eigenvalue weighted by molar-refractivity contribution is 5.09. The predicted octanol–water partition coefficient (Wildman–Crippen LogP) is 1.03. The van der Waals surface area contributed by atoms with Crippen molar-refractivity contribution in [1.82, 2.24) is 20.3 Å². The first-order valence-electron chi connectivity index (χ1n) is 8.03. The maximum atomic E-state index is 10.8. The van der Waals surface area contributed by atoms with Gasteiger partial charge >= 0.3 is 0 Å². The van der Waals surface area contributed by atoms with Crippen molar-refractivity contribution in [3.63, 3.8) is 0 Å². The number of likely N-dealkylation sites (tertiary alicyclic amines) is 1. The summed E-state index contributed by atoms with van der Waals surface area (Å²) in [6.45, 7) is 4.36. The minimum Gasteiger partial charge on any atom is -0.389 e. The van der Waals surface area contributed by atoms with E-state index in [0.717, 1.165) is 44.6 Å². The van der Waals surface area contributed by atoms with E-state index in [9.17, 15) is 10.2 Å². The molecular weight excluding hydrogens is 268 g/mol. The number of aromatic amines is 1. The van der Waals surface area contributed by atoms with Crippen molar-refractivity contribution in [3.05, 3.63) is 11.9 Å². The van der Waals surface area contributed by atoms with Crippen LogP contribution in [-0.4, -0.2) is 55.8 Å². The summed E-state index contributed by atoms with van der Waals surface area (Å²) in [5.41, 5.74) is -0.922. The smallest absolute Gasteiger partial charge is 0.123 e. The maximum absolute atomic E-state index is 10.8. The number of rotatable bonds is 3. The Kier molecular flexibility index (Phi) is 4.03. The molecular formula is C15H26N4O2. The molecule has 1 unspecified atom stereocenters. The highest BCUT2D eigenvalue weighted by Crippen LogP contribution is 2.35. The van der Waals surface area contributed by atoms with Crippen LogP contribution in [0.2, 0.25) is 0 Å². The second-order valence-corrected chi connectivity index (χ2v) is 7.11. The highest BCUT2D eigenvalue weighted by Gasteiger charge is 2.40. The average molecular weight is 294 g/mol. The van der Waals surface area contributed by atoms with Crippen LogP contribution in [0, 0.1) is 5.92 Å². The van der Waals surface area contributed by atoms with Crippen LogP contribution in [0.4, 0.5) is 0 Å². The fourth-order valence-electron chi connectivity index (χ4n) is 3.77. The van der Waals surface area contributed by atoms with Gasteiger partial charge < -0.3 is 10.2 Å². The Morgan fingerprint density at radius 3 is 2.76 bits per heavy atom. The van der Waals surface area contributed by atoms with E-state index in [4.69, 9.17) is 0 Å². The van der Waals surface area contributed by atoms with Gasteiger partial charge in [-0.3, -0.25) is 4.90 Å². The van der Waals surface area contributed by atoms with E-state index in [1.807, 2.05) is 0 Å². The molecule has 21 heavy (non-hydrogen) atoms. The lowest BCUT2D eigenvalue weighted by molar-refractivity contribution is -0.0820. The standard InChI is InChI=1S/C15H26N4O2/c1-12-3-6-14(20,7-4-12)10-19-8-2-5-15(21,11-19)13-9-16-18-17-13/h9,12,20-21H,2-8,10-11H2,1H3,(H,16,17,18). The minimum atomic E-state index is -0.941. The first kappa shape index (κ1) is 14.9. The first-order valence-corrected chi connectivity index (χ1v) is 8.03. The Balaban J connectivity index is 1.64. The van der Waals surface area contributed by atoms with Crippen LogP contribution in [0.1, 0.15) is 51.1 Å². The van der Waals surface area contributed by atoms with Gasteiger partial charge in [0.15, 0.2) is 0 Å². The molecule has 6 nitrogen and oxygen atoms in total. The van der Waals surface area contributed by atoms with Crippen molar-refractivity contribution in [2.45, 2.75) is 56.7 Å². The fourth-order valence-corrected chi connectivity index (χ4v) is 3.77.